The lowest BCUT2D eigenvalue weighted by Crippen LogP contribution is -2.29. The Bertz CT molecular complexity index is 446. The van der Waals surface area contributed by atoms with E-state index in [1.54, 1.807) is 38.2 Å². The first-order valence-corrected chi connectivity index (χ1v) is 6.31. The number of nitrogens with one attached hydrogen (secondary N) is 2. The standard InChI is InChI=1S/C14H20N2O3/c1-4-19-14(18)11-7-5-6-8-12(11)16-13(17)10(2)9-15-3/h5-8,10,15H,4,9H2,1-3H3,(H,16,17). The molecule has 1 aromatic rings. The van der Waals surface area contributed by atoms with Crippen molar-refractivity contribution in [3.8, 4) is 0 Å². The van der Waals surface area contributed by atoms with Crippen LogP contribution in [0.3, 0.4) is 0 Å². The molecule has 0 aliphatic carbocycles. The summed E-state index contributed by atoms with van der Waals surface area (Å²) >= 11 is 0. The van der Waals surface area contributed by atoms with E-state index in [4.69, 9.17) is 4.74 Å². The molecule has 0 saturated heterocycles. The average Bonchev–Trinajstić information content (AvgIpc) is 2.39. The van der Waals surface area contributed by atoms with E-state index in [1.807, 2.05) is 6.92 Å². The summed E-state index contributed by atoms with van der Waals surface area (Å²) in [6.07, 6.45) is 0. The van der Waals surface area contributed by atoms with Crippen LogP contribution >= 0.6 is 0 Å². The predicted octanol–water partition coefficient (Wildman–Crippen LogP) is 1.66. The summed E-state index contributed by atoms with van der Waals surface area (Å²) in [6.45, 7) is 4.44. The molecule has 0 saturated carbocycles. The summed E-state index contributed by atoms with van der Waals surface area (Å²) in [5, 5.41) is 5.69. The number of hydrogen-bond acceptors (Lipinski definition) is 4. The molecule has 0 aliphatic heterocycles. The molecule has 1 amide bonds. The zero-order valence-electron chi connectivity index (χ0n) is 11.5. The molecule has 1 aromatic carbocycles. The summed E-state index contributed by atoms with van der Waals surface area (Å²) < 4.78 is 4.96. The molecule has 5 nitrogen and oxygen atoms in total. The lowest BCUT2D eigenvalue weighted by atomic mass is 10.1. The normalized spacial score (nSPS) is 11.7. The lowest BCUT2D eigenvalue weighted by molar-refractivity contribution is -0.119. The minimum Gasteiger partial charge on any atom is -0.462 e. The van der Waals surface area contributed by atoms with Gasteiger partial charge in [0.15, 0.2) is 0 Å². The van der Waals surface area contributed by atoms with Crippen molar-refractivity contribution in [1.82, 2.24) is 5.32 Å². The quantitative estimate of drug-likeness (QED) is 0.767. The Morgan fingerprint density at radius 2 is 2.00 bits per heavy atom. The number of amides is 1. The summed E-state index contributed by atoms with van der Waals surface area (Å²) in [5.74, 6) is -0.744. The van der Waals surface area contributed by atoms with Crippen LogP contribution in [0, 0.1) is 5.92 Å². The van der Waals surface area contributed by atoms with Gasteiger partial charge in [0.05, 0.1) is 17.9 Å². The average molecular weight is 264 g/mol. The Kier molecular flexibility index (Phi) is 6.02. The topological polar surface area (TPSA) is 67.4 Å². The largest absolute Gasteiger partial charge is 0.462 e. The molecule has 0 fully saturated rings. The Balaban J connectivity index is 2.83. The molecule has 2 N–H and O–H groups in total. The van der Waals surface area contributed by atoms with Gasteiger partial charge in [0.25, 0.3) is 0 Å². The maximum Gasteiger partial charge on any atom is 0.340 e. The Labute approximate surface area is 113 Å². The number of esters is 1. The first-order chi connectivity index (χ1) is 9.10. The lowest BCUT2D eigenvalue weighted by Gasteiger charge is -2.14. The first-order valence-electron chi connectivity index (χ1n) is 6.31. The van der Waals surface area contributed by atoms with E-state index in [1.165, 1.54) is 0 Å². The molecule has 1 rings (SSSR count). The molecule has 0 aromatic heterocycles. The highest BCUT2D eigenvalue weighted by Gasteiger charge is 2.16. The van der Waals surface area contributed by atoms with Crippen molar-refractivity contribution in [2.75, 3.05) is 25.5 Å². The molecular weight excluding hydrogens is 244 g/mol. The predicted molar refractivity (Wildman–Crippen MR) is 74.1 cm³/mol. The number of hydrogen-bond donors (Lipinski definition) is 2. The van der Waals surface area contributed by atoms with Gasteiger partial charge in [-0.05, 0) is 26.1 Å². The van der Waals surface area contributed by atoms with Gasteiger partial charge in [0.1, 0.15) is 0 Å². The first kappa shape index (κ1) is 15.2. The van der Waals surface area contributed by atoms with Gasteiger partial charge >= 0.3 is 5.97 Å². The number of carbonyl (C=O) groups excluding carboxylic acids is 2. The third-order valence-corrected chi connectivity index (χ3v) is 2.64. The van der Waals surface area contributed by atoms with Crippen molar-refractivity contribution in [3.05, 3.63) is 29.8 Å². The third-order valence-electron chi connectivity index (χ3n) is 2.64. The Morgan fingerprint density at radius 3 is 2.63 bits per heavy atom. The second-order valence-corrected chi connectivity index (χ2v) is 4.21. The Morgan fingerprint density at radius 1 is 1.32 bits per heavy atom. The van der Waals surface area contributed by atoms with Crippen molar-refractivity contribution >= 4 is 17.6 Å². The second-order valence-electron chi connectivity index (χ2n) is 4.21. The van der Waals surface area contributed by atoms with Crippen LogP contribution in [0.15, 0.2) is 24.3 Å². The smallest absolute Gasteiger partial charge is 0.340 e. The summed E-state index contributed by atoms with van der Waals surface area (Å²) in [7, 11) is 1.79. The molecule has 104 valence electrons. The minimum absolute atomic E-state index is 0.133. The van der Waals surface area contributed by atoms with Gasteiger partial charge in [-0.15, -0.1) is 0 Å². The number of rotatable bonds is 6. The van der Waals surface area contributed by atoms with E-state index in [2.05, 4.69) is 10.6 Å². The fourth-order valence-corrected chi connectivity index (χ4v) is 1.63. The van der Waals surface area contributed by atoms with Crippen LogP contribution in [0.5, 0.6) is 0 Å². The third kappa shape index (κ3) is 4.37. The summed E-state index contributed by atoms with van der Waals surface area (Å²) in [5.41, 5.74) is 0.850. The van der Waals surface area contributed by atoms with E-state index in [-0.39, 0.29) is 11.8 Å². The van der Waals surface area contributed by atoms with Crippen LogP contribution in [-0.2, 0) is 9.53 Å². The summed E-state index contributed by atoms with van der Waals surface area (Å²) in [6, 6.07) is 6.83. The molecule has 0 radical (unpaired) electrons. The maximum atomic E-state index is 11.9. The van der Waals surface area contributed by atoms with Gasteiger partial charge in [-0.2, -0.15) is 0 Å². The van der Waals surface area contributed by atoms with Crippen LogP contribution in [-0.4, -0.2) is 32.1 Å². The molecule has 0 bridgehead atoms. The van der Waals surface area contributed by atoms with Crippen molar-refractivity contribution in [3.63, 3.8) is 0 Å². The molecule has 1 unspecified atom stereocenters. The molecular formula is C14H20N2O3. The Hall–Kier alpha value is -1.88. The summed E-state index contributed by atoms with van der Waals surface area (Å²) in [4.78, 5) is 23.7. The SMILES string of the molecule is CCOC(=O)c1ccccc1NC(=O)C(C)CNC. The molecule has 0 aliphatic rings. The highest BCUT2D eigenvalue weighted by atomic mass is 16.5. The molecule has 0 heterocycles. The number of anilines is 1. The van der Waals surface area contributed by atoms with E-state index >= 15 is 0 Å². The van der Waals surface area contributed by atoms with E-state index in [9.17, 15) is 9.59 Å². The van der Waals surface area contributed by atoms with Crippen molar-refractivity contribution < 1.29 is 14.3 Å². The van der Waals surface area contributed by atoms with Crippen molar-refractivity contribution in [2.45, 2.75) is 13.8 Å². The fraction of sp³-hybridized carbons (Fsp3) is 0.429. The van der Waals surface area contributed by atoms with Crippen molar-refractivity contribution in [1.29, 1.82) is 0 Å². The number of benzene rings is 1. The van der Waals surface area contributed by atoms with E-state index in [0.717, 1.165) is 0 Å². The molecule has 5 heteroatoms. The van der Waals surface area contributed by atoms with Gasteiger partial charge in [0.2, 0.25) is 5.91 Å². The van der Waals surface area contributed by atoms with Gasteiger partial charge in [-0.1, -0.05) is 19.1 Å². The van der Waals surface area contributed by atoms with Crippen molar-refractivity contribution in [2.24, 2.45) is 5.92 Å². The van der Waals surface area contributed by atoms with Crippen LogP contribution in [0.2, 0.25) is 0 Å². The van der Waals surface area contributed by atoms with E-state index in [0.29, 0.717) is 24.4 Å². The van der Waals surface area contributed by atoms with E-state index < -0.39 is 5.97 Å². The zero-order valence-corrected chi connectivity index (χ0v) is 11.5. The van der Waals surface area contributed by atoms with Crippen LogP contribution in [0.4, 0.5) is 5.69 Å². The molecule has 0 spiro atoms. The van der Waals surface area contributed by atoms with Crippen LogP contribution < -0.4 is 10.6 Å². The monoisotopic (exact) mass is 264 g/mol. The van der Waals surface area contributed by atoms with Gasteiger partial charge in [0, 0.05) is 12.5 Å². The second kappa shape index (κ2) is 7.53. The van der Waals surface area contributed by atoms with Gasteiger partial charge in [-0.3, -0.25) is 4.79 Å². The number of carbonyl (C=O) groups is 2. The van der Waals surface area contributed by atoms with Crippen LogP contribution in [0.25, 0.3) is 0 Å². The number of para-hydroxylation sites is 1. The molecule has 1 atom stereocenters. The minimum atomic E-state index is -0.431. The maximum absolute atomic E-state index is 11.9. The number of ether oxygens (including phenoxy) is 1. The highest BCUT2D eigenvalue weighted by molar-refractivity contribution is 6.01. The fourth-order valence-electron chi connectivity index (χ4n) is 1.63. The van der Waals surface area contributed by atoms with Gasteiger partial charge in [-0.25, -0.2) is 4.79 Å². The highest BCUT2D eigenvalue weighted by Crippen LogP contribution is 2.17. The van der Waals surface area contributed by atoms with Gasteiger partial charge < -0.3 is 15.4 Å². The van der Waals surface area contributed by atoms with Crippen LogP contribution in [0.1, 0.15) is 24.2 Å². The zero-order chi connectivity index (χ0) is 14.3. The molecule has 19 heavy (non-hydrogen) atoms.